The molecule has 3 aromatic rings. The second-order valence-corrected chi connectivity index (χ2v) is 5.99. The molecule has 0 radical (unpaired) electrons. The van der Waals surface area contributed by atoms with E-state index in [2.05, 4.69) is 29.7 Å². The molecular weight excluding hydrogens is 300 g/mol. The molecule has 1 N–H and O–H groups in total. The molecule has 7 nitrogen and oxygen atoms in total. The van der Waals surface area contributed by atoms with E-state index in [4.69, 9.17) is 0 Å². The summed E-state index contributed by atoms with van der Waals surface area (Å²) in [5.74, 6) is 1.73. The zero-order chi connectivity index (χ0) is 14.9. The van der Waals surface area contributed by atoms with Crippen LogP contribution in [0, 0.1) is 0 Å². The molecule has 22 heavy (non-hydrogen) atoms. The molecule has 4 heterocycles. The number of aromatic amines is 1. The molecule has 1 saturated heterocycles. The maximum absolute atomic E-state index is 11.4. The van der Waals surface area contributed by atoms with Crippen LogP contribution in [0.25, 0.3) is 10.2 Å². The molecular formula is C14H14N6OS. The number of nitrogens with zero attached hydrogens (tertiary/aromatic N) is 5. The molecule has 1 fully saturated rings. The summed E-state index contributed by atoms with van der Waals surface area (Å²) in [6.07, 6.45) is 3.07. The highest BCUT2D eigenvalue weighted by Gasteiger charge is 2.21. The zero-order valence-corrected chi connectivity index (χ0v) is 12.6. The van der Waals surface area contributed by atoms with Gasteiger partial charge >= 0.3 is 0 Å². The number of hydrogen-bond acceptors (Lipinski definition) is 7. The van der Waals surface area contributed by atoms with E-state index >= 15 is 0 Å². The average Bonchev–Trinajstić information content (AvgIpc) is 3.04. The lowest BCUT2D eigenvalue weighted by Gasteiger charge is -2.35. The molecule has 8 heteroatoms. The first-order chi connectivity index (χ1) is 10.8. The number of piperazine rings is 1. The quantitative estimate of drug-likeness (QED) is 0.763. The fourth-order valence-electron chi connectivity index (χ4n) is 2.68. The van der Waals surface area contributed by atoms with Gasteiger partial charge in [0, 0.05) is 32.2 Å². The molecule has 0 saturated carbocycles. The lowest BCUT2D eigenvalue weighted by Crippen LogP contribution is -2.47. The fraction of sp³-hybridized carbons (Fsp3) is 0.286. The van der Waals surface area contributed by atoms with Crippen molar-refractivity contribution < 1.29 is 0 Å². The maximum atomic E-state index is 11.4. The third-order valence-electron chi connectivity index (χ3n) is 3.79. The first kappa shape index (κ1) is 13.2. The van der Waals surface area contributed by atoms with Crippen molar-refractivity contribution in [2.75, 3.05) is 36.0 Å². The SMILES string of the molecule is O=c1cc(N2CCN(c3ncnc4ccsc34)CC2)nc[nH]1. The van der Waals surface area contributed by atoms with Gasteiger partial charge in [0.1, 0.15) is 18.0 Å². The van der Waals surface area contributed by atoms with E-state index in [1.165, 1.54) is 12.4 Å². The molecule has 1 aliphatic rings. The van der Waals surface area contributed by atoms with Gasteiger partial charge in [-0.3, -0.25) is 4.79 Å². The molecule has 0 amide bonds. The predicted molar refractivity (Wildman–Crippen MR) is 86.7 cm³/mol. The van der Waals surface area contributed by atoms with E-state index in [1.807, 2.05) is 11.4 Å². The summed E-state index contributed by atoms with van der Waals surface area (Å²) >= 11 is 1.67. The molecule has 112 valence electrons. The van der Waals surface area contributed by atoms with Crippen LogP contribution in [0.5, 0.6) is 0 Å². The van der Waals surface area contributed by atoms with Crippen molar-refractivity contribution in [3.8, 4) is 0 Å². The Morgan fingerprint density at radius 3 is 2.73 bits per heavy atom. The highest BCUT2D eigenvalue weighted by Crippen LogP contribution is 2.28. The van der Waals surface area contributed by atoms with Crippen LogP contribution in [0.1, 0.15) is 0 Å². The van der Waals surface area contributed by atoms with E-state index in [-0.39, 0.29) is 5.56 Å². The number of aromatic nitrogens is 4. The summed E-state index contributed by atoms with van der Waals surface area (Å²) in [5.41, 5.74) is 0.872. The predicted octanol–water partition coefficient (Wildman–Crippen LogP) is 1.10. The van der Waals surface area contributed by atoms with Gasteiger partial charge in [-0.1, -0.05) is 0 Å². The van der Waals surface area contributed by atoms with E-state index in [0.29, 0.717) is 0 Å². The van der Waals surface area contributed by atoms with E-state index in [1.54, 1.807) is 17.7 Å². The van der Waals surface area contributed by atoms with Crippen molar-refractivity contribution >= 4 is 33.2 Å². The smallest absolute Gasteiger partial charge is 0.252 e. The minimum Gasteiger partial charge on any atom is -0.353 e. The van der Waals surface area contributed by atoms with Gasteiger partial charge < -0.3 is 14.8 Å². The van der Waals surface area contributed by atoms with Crippen LogP contribution >= 0.6 is 11.3 Å². The molecule has 0 aromatic carbocycles. The van der Waals surface area contributed by atoms with Crippen LogP contribution in [0.3, 0.4) is 0 Å². The Hall–Kier alpha value is -2.48. The van der Waals surface area contributed by atoms with Gasteiger partial charge in [-0.25, -0.2) is 15.0 Å². The minimum absolute atomic E-state index is 0.122. The summed E-state index contributed by atoms with van der Waals surface area (Å²) in [4.78, 5) is 31.3. The lowest BCUT2D eigenvalue weighted by molar-refractivity contribution is 0.642. The van der Waals surface area contributed by atoms with Crippen molar-refractivity contribution in [3.63, 3.8) is 0 Å². The van der Waals surface area contributed by atoms with Crippen LogP contribution in [0.2, 0.25) is 0 Å². The molecule has 0 atom stereocenters. The Kier molecular flexibility index (Phi) is 3.23. The number of thiophene rings is 1. The first-order valence-corrected chi connectivity index (χ1v) is 7.92. The Balaban J connectivity index is 1.54. The third kappa shape index (κ3) is 2.31. The standard InChI is InChI=1S/C14H14N6OS/c21-12-7-11(16-9-17-12)19-2-4-20(5-3-19)14-13-10(1-6-22-13)15-8-18-14/h1,6-9H,2-5H2,(H,16,17,21). The second-order valence-electron chi connectivity index (χ2n) is 5.08. The number of hydrogen-bond donors (Lipinski definition) is 1. The van der Waals surface area contributed by atoms with E-state index < -0.39 is 0 Å². The van der Waals surface area contributed by atoms with Gasteiger partial charge in [0.2, 0.25) is 0 Å². The zero-order valence-electron chi connectivity index (χ0n) is 11.8. The lowest BCUT2D eigenvalue weighted by atomic mass is 10.3. The Morgan fingerprint density at radius 1 is 1.09 bits per heavy atom. The van der Waals surface area contributed by atoms with Crippen molar-refractivity contribution in [1.29, 1.82) is 0 Å². The van der Waals surface area contributed by atoms with E-state index in [9.17, 15) is 4.79 Å². The average molecular weight is 314 g/mol. The van der Waals surface area contributed by atoms with Gasteiger partial charge in [-0.2, -0.15) is 0 Å². The normalized spacial score (nSPS) is 15.5. The van der Waals surface area contributed by atoms with Crippen molar-refractivity contribution in [2.45, 2.75) is 0 Å². The van der Waals surface area contributed by atoms with Crippen molar-refractivity contribution in [1.82, 2.24) is 19.9 Å². The second kappa shape index (κ2) is 5.38. The largest absolute Gasteiger partial charge is 0.353 e. The summed E-state index contributed by atoms with van der Waals surface area (Å²) in [6, 6.07) is 3.55. The van der Waals surface area contributed by atoms with Crippen LogP contribution in [-0.2, 0) is 0 Å². The summed E-state index contributed by atoms with van der Waals surface area (Å²) < 4.78 is 1.13. The molecule has 0 unspecified atom stereocenters. The Bertz CT molecular complexity index is 851. The summed E-state index contributed by atoms with van der Waals surface area (Å²) in [6.45, 7) is 3.32. The van der Waals surface area contributed by atoms with Gasteiger partial charge in [-0.15, -0.1) is 11.3 Å². The topological polar surface area (TPSA) is 78.0 Å². The van der Waals surface area contributed by atoms with Gasteiger partial charge in [-0.05, 0) is 11.4 Å². The molecule has 4 rings (SSSR count). The first-order valence-electron chi connectivity index (χ1n) is 7.04. The monoisotopic (exact) mass is 314 g/mol. The molecule has 1 aliphatic heterocycles. The molecule has 0 spiro atoms. The molecule has 0 bridgehead atoms. The Morgan fingerprint density at radius 2 is 1.91 bits per heavy atom. The number of anilines is 2. The van der Waals surface area contributed by atoms with Gasteiger partial charge in [0.15, 0.2) is 0 Å². The number of rotatable bonds is 2. The maximum Gasteiger partial charge on any atom is 0.252 e. The third-order valence-corrected chi connectivity index (χ3v) is 4.69. The minimum atomic E-state index is -0.122. The van der Waals surface area contributed by atoms with Gasteiger partial charge in [0.05, 0.1) is 16.5 Å². The summed E-state index contributed by atoms with van der Waals surface area (Å²) in [7, 11) is 0. The van der Waals surface area contributed by atoms with Crippen LogP contribution in [-0.4, -0.2) is 46.1 Å². The van der Waals surface area contributed by atoms with Crippen molar-refractivity contribution in [2.24, 2.45) is 0 Å². The van der Waals surface area contributed by atoms with Crippen LogP contribution in [0.15, 0.2) is 35.0 Å². The number of H-pyrrole nitrogens is 1. The number of nitrogens with one attached hydrogen (secondary N) is 1. The van der Waals surface area contributed by atoms with Crippen LogP contribution < -0.4 is 15.4 Å². The molecule has 0 aliphatic carbocycles. The fourth-order valence-corrected chi connectivity index (χ4v) is 3.54. The Labute approximate surface area is 130 Å². The van der Waals surface area contributed by atoms with Crippen molar-refractivity contribution in [3.05, 3.63) is 40.5 Å². The number of fused-ring (bicyclic) bond motifs is 1. The van der Waals surface area contributed by atoms with Crippen LogP contribution in [0.4, 0.5) is 11.6 Å². The van der Waals surface area contributed by atoms with Gasteiger partial charge in [0.25, 0.3) is 5.56 Å². The molecule has 3 aromatic heterocycles. The summed E-state index contributed by atoms with van der Waals surface area (Å²) in [5, 5.41) is 2.04. The highest BCUT2D eigenvalue weighted by molar-refractivity contribution is 7.17. The highest BCUT2D eigenvalue weighted by atomic mass is 32.1. The van der Waals surface area contributed by atoms with E-state index in [0.717, 1.165) is 48.0 Å².